The summed E-state index contributed by atoms with van der Waals surface area (Å²) >= 11 is 0. The van der Waals surface area contributed by atoms with Crippen LogP contribution in [-0.2, 0) is 33.3 Å². The second-order valence-corrected chi connectivity index (χ2v) is 13.4. The van der Waals surface area contributed by atoms with Gasteiger partial charge >= 0.3 is 12.1 Å². The number of hydrogen-bond acceptors (Lipinski definition) is 11. The molecule has 3 N–H and O–H groups in total. The molecule has 3 aliphatic heterocycles. The lowest BCUT2D eigenvalue weighted by molar-refractivity contribution is -0.294. The fourth-order valence-corrected chi connectivity index (χ4v) is 7.31. The first-order valence-electron chi connectivity index (χ1n) is 15.3. The number of rotatable bonds is 5. The molecule has 1 unspecified atom stereocenters. The number of nitrogens with two attached hydrogens (primary N) is 1. The average molecular weight is 612 g/mol. The van der Waals surface area contributed by atoms with Gasteiger partial charge in [-0.25, -0.2) is 20.4 Å². The third kappa shape index (κ3) is 6.94. The Morgan fingerprint density at radius 2 is 1.79 bits per heavy atom. The number of ketones is 1. The Kier molecular flexibility index (Phi) is 11.1. The summed E-state index contributed by atoms with van der Waals surface area (Å²) in [6.07, 6.45) is -1.53. The molecule has 0 radical (unpaired) electrons. The SMILES string of the molecule is CCC1OC(=O)/C(C)=C/[C@H](C)[C@@H](O[C@@H]2O[C@H](C)C[C@H](N(C)C)[C@H]2O)[C@](C)(OC)C[C@@H](C)C(=O)[C@H](C)[C@H]2N(N)C(=O)O[C@]12C. The van der Waals surface area contributed by atoms with E-state index in [0.29, 0.717) is 18.4 Å². The van der Waals surface area contributed by atoms with Crippen LogP contribution in [0.2, 0.25) is 0 Å². The highest BCUT2D eigenvalue weighted by Gasteiger charge is 2.59. The van der Waals surface area contributed by atoms with Gasteiger partial charge in [0.2, 0.25) is 0 Å². The van der Waals surface area contributed by atoms with Crippen molar-refractivity contribution >= 4 is 17.8 Å². The Bertz CT molecular complexity index is 1070. The third-order valence-corrected chi connectivity index (χ3v) is 9.72. The topological polar surface area (TPSA) is 150 Å². The number of aliphatic hydroxyl groups excluding tert-OH is 1. The molecule has 1 amide bonds. The van der Waals surface area contributed by atoms with Crippen LogP contribution in [0, 0.1) is 17.8 Å². The predicted molar refractivity (Wildman–Crippen MR) is 158 cm³/mol. The molecule has 3 rings (SSSR count). The first-order chi connectivity index (χ1) is 19.9. The first kappa shape index (κ1) is 35.4. The van der Waals surface area contributed by atoms with E-state index in [1.54, 1.807) is 34.0 Å². The zero-order chi connectivity index (χ0) is 32.6. The van der Waals surface area contributed by atoms with Crippen molar-refractivity contribution in [2.24, 2.45) is 23.6 Å². The van der Waals surface area contributed by atoms with E-state index >= 15 is 0 Å². The second-order valence-electron chi connectivity index (χ2n) is 13.4. The summed E-state index contributed by atoms with van der Waals surface area (Å²) in [5.74, 6) is 3.70. The smallest absolute Gasteiger partial charge is 0.425 e. The van der Waals surface area contributed by atoms with E-state index in [9.17, 15) is 19.5 Å². The number of hydrogen-bond donors (Lipinski definition) is 2. The highest BCUT2D eigenvalue weighted by Crippen LogP contribution is 2.41. The van der Waals surface area contributed by atoms with Crippen molar-refractivity contribution in [2.45, 2.75) is 129 Å². The number of amides is 1. The minimum absolute atomic E-state index is 0.153. The zero-order valence-electron chi connectivity index (χ0n) is 27.7. The van der Waals surface area contributed by atoms with E-state index < -0.39 is 71.7 Å². The molecule has 0 saturated carbocycles. The molecule has 12 heteroatoms. The highest BCUT2D eigenvalue weighted by molar-refractivity contribution is 5.88. The van der Waals surface area contributed by atoms with Gasteiger partial charge in [-0.2, -0.15) is 0 Å². The van der Waals surface area contributed by atoms with E-state index in [0.717, 1.165) is 5.01 Å². The number of cyclic esters (lactones) is 1. The van der Waals surface area contributed by atoms with Gasteiger partial charge in [-0.15, -0.1) is 0 Å². The Labute approximate surface area is 256 Å². The minimum atomic E-state index is -1.36. The van der Waals surface area contributed by atoms with Crippen LogP contribution in [0.4, 0.5) is 4.79 Å². The van der Waals surface area contributed by atoms with Gasteiger partial charge in [-0.05, 0) is 61.1 Å². The number of likely N-dealkylation sites (N-methyl/N-ethyl adjacent to an activating group) is 1. The van der Waals surface area contributed by atoms with Gasteiger partial charge in [0.05, 0.1) is 17.8 Å². The maximum Gasteiger partial charge on any atom is 0.425 e. The van der Waals surface area contributed by atoms with Gasteiger partial charge in [0.15, 0.2) is 11.9 Å². The van der Waals surface area contributed by atoms with Crippen LogP contribution >= 0.6 is 0 Å². The summed E-state index contributed by atoms with van der Waals surface area (Å²) in [4.78, 5) is 42.1. The Morgan fingerprint density at radius 1 is 1.16 bits per heavy atom. The summed E-state index contributed by atoms with van der Waals surface area (Å²) in [7, 11) is 5.35. The van der Waals surface area contributed by atoms with Crippen molar-refractivity contribution < 1.29 is 43.2 Å². The fourth-order valence-electron chi connectivity index (χ4n) is 7.31. The van der Waals surface area contributed by atoms with Crippen LogP contribution in [0.15, 0.2) is 11.6 Å². The van der Waals surface area contributed by atoms with Gasteiger partial charge in [-0.1, -0.05) is 33.8 Å². The first-order valence-corrected chi connectivity index (χ1v) is 15.3. The van der Waals surface area contributed by atoms with E-state index in [1.807, 2.05) is 53.6 Å². The van der Waals surface area contributed by atoms with Crippen LogP contribution in [0.1, 0.15) is 74.7 Å². The van der Waals surface area contributed by atoms with Crippen LogP contribution in [0.25, 0.3) is 0 Å². The van der Waals surface area contributed by atoms with E-state index in [2.05, 4.69) is 0 Å². The number of ether oxygens (including phenoxy) is 5. The maximum absolute atomic E-state index is 14.0. The Hall–Kier alpha value is -2.09. The van der Waals surface area contributed by atoms with Gasteiger partial charge < -0.3 is 33.7 Å². The van der Waals surface area contributed by atoms with E-state index in [4.69, 9.17) is 29.5 Å². The average Bonchev–Trinajstić information content (AvgIpc) is 3.17. The number of carbonyl (C=O) groups is 3. The van der Waals surface area contributed by atoms with Gasteiger partial charge in [0, 0.05) is 36.5 Å². The molecule has 0 aromatic carbocycles. The van der Waals surface area contributed by atoms with Crippen molar-refractivity contribution in [3.05, 3.63) is 11.6 Å². The minimum Gasteiger partial charge on any atom is -0.455 e. The van der Waals surface area contributed by atoms with Crippen molar-refractivity contribution in [2.75, 3.05) is 21.2 Å². The third-order valence-electron chi connectivity index (χ3n) is 9.72. The number of Topliss-reactive ketones (excluding diaryl/α,β-unsaturated/α-hetero) is 1. The number of methoxy groups -OCH3 is 1. The van der Waals surface area contributed by atoms with Crippen molar-refractivity contribution in [3.63, 3.8) is 0 Å². The van der Waals surface area contributed by atoms with E-state index in [1.165, 1.54) is 0 Å². The van der Waals surface area contributed by atoms with Gasteiger partial charge in [0.25, 0.3) is 0 Å². The van der Waals surface area contributed by atoms with Crippen molar-refractivity contribution in [1.82, 2.24) is 9.91 Å². The molecule has 2 fully saturated rings. The summed E-state index contributed by atoms with van der Waals surface area (Å²) in [6, 6.07) is -1.07. The largest absolute Gasteiger partial charge is 0.455 e. The zero-order valence-corrected chi connectivity index (χ0v) is 27.7. The normalized spacial score (nSPS) is 44.7. The summed E-state index contributed by atoms with van der Waals surface area (Å²) in [5, 5.41) is 12.2. The lowest BCUT2D eigenvalue weighted by Gasteiger charge is -2.46. The molecule has 0 aliphatic carbocycles. The maximum atomic E-state index is 14.0. The quantitative estimate of drug-likeness (QED) is 0.268. The standard InChI is InChI=1S/C31H53N3O9/c1-12-22-31(8)25(34(32)29(38)43-31)20(6)23(35)18(4)15-30(7,39-11)26(16(2)13-17(3)27(37)41-22)42-28-24(36)21(33(9)10)14-19(5)40-28/h13,16,18-22,24-26,28,36H,12,14-15,32H2,1-11H3/b17-13+/t16-,18+,19+,20-,21-,22?,24+,25+,26+,28-,30+,31+/m0/s1. The monoisotopic (exact) mass is 611 g/mol. The Balaban J connectivity index is 2.11. The lowest BCUT2D eigenvalue weighted by Crippen LogP contribution is -2.59. The van der Waals surface area contributed by atoms with Gasteiger partial charge in [-0.3, -0.25) is 4.79 Å². The van der Waals surface area contributed by atoms with E-state index in [-0.39, 0.29) is 24.3 Å². The number of nitrogens with zero attached hydrogens (tertiary/aromatic N) is 2. The van der Waals surface area contributed by atoms with Crippen molar-refractivity contribution in [3.8, 4) is 0 Å². The molecule has 3 heterocycles. The number of esters is 1. The fraction of sp³-hybridized carbons (Fsp3) is 0.839. The Morgan fingerprint density at radius 3 is 2.35 bits per heavy atom. The van der Waals surface area contributed by atoms with Crippen LogP contribution in [0.5, 0.6) is 0 Å². The van der Waals surface area contributed by atoms with Gasteiger partial charge in [0.1, 0.15) is 24.0 Å². The molecule has 0 bridgehead atoms. The molecule has 3 aliphatic rings. The number of fused-ring (bicyclic) bond motifs is 1. The molecule has 246 valence electrons. The predicted octanol–water partition coefficient (Wildman–Crippen LogP) is 2.81. The van der Waals surface area contributed by atoms with Crippen LogP contribution in [-0.4, -0.2) is 108 Å². The molecule has 0 aromatic heterocycles. The lowest BCUT2D eigenvalue weighted by atomic mass is 9.74. The number of carbonyl (C=O) groups excluding carboxylic acids is 3. The summed E-state index contributed by atoms with van der Waals surface area (Å²) < 4.78 is 30.5. The molecular formula is C31H53N3O9. The van der Waals surface area contributed by atoms with Crippen molar-refractivity contribution in [1.29, 1.82) is 0 Å². The highest BCUT2D eigenvalue weighted by atomic mass is 16.7. The summed E-state index contributed by atoms with van der Waals surface area (Å²) in [5.41, 5.74) is -2.09. The molecule has 12 atom stereocenters. The van der Waals surface area contributed by atoms with Crippen LogP contribution < -0.4 is 5.84 Å². The second kappa shape index (κ2) is 13.5. The molecule has 12 nitrogen and oxygen atoms in total. The molecule has 43 heavy (non-hydrogen) atoms. The number of aliphatic hydroxyl groups is 1. The molecule has 2 saturated heterocycles. The van der Waals surface area contributed by atoms with Crippen LogP contribution in [0.3, 0.4) is 0 Å². The molecule has 0 spiro atoms. The molecule has 0 aromatic rings. The number of hydrazine groups is 1. The molecular weight excluding hydrogens is 558 g/mol. The summed E-state index contributed by atoms with van der Waals surface area (Å²) in [6.45, 7) is 14.3.